The number of carbonyl (C=O) groups is 1. The van der Waals surface area contributed by atoms with E-state index in [2.05, 4.69) is 30.1 Å². The number of hydrogen-bond acceptors (Lipinski definition) is 3. The molecule has 1 aliphatic rings. The van der Waals surface area contributed by atoms with Gasteiger partial charge >= 0.3 is 0 Å². The molecule has 3 N–H and O–H groups in total. The van der Waals surface area contributed by atoms with Crippen molar-refractivity contribution < 1.29 is 4.79 Å². The second-order valence-corrected chi connectivity index (χ2v) is 6.34. The minimum atomic E-state index is 0. The van der Waals surface area contributed by atoms with Crippen molar-refractivity contribution in [3.63, 3.8) is 0 Å². The van der Waals surface area contributed by atoms with E-state index in [4.69, 9.17) is 5.73 Å². The second-order valence-electron chi connectivity index (χ2n) is 6.34. The van der Waals surface area contributed by atoms with Crippen LogP contribution in [0.25, 0.3) is 0 Å². The van der Waals surface area contributed by atoms with Crippen molar-refractivity contribution in [3.8, 4) is 0 Å². The quantitative estimate of drug-likeness (QED) is 0.895. The maximum absolute atomic E-state index is 12.2. The molecular formula is C17H28ClN3O. The molecule has 1 unspecified atom stereocenters. The number of halogens is 1. The van der Waals surface area contributed by atoms with Crippen molar-refractivity contribution >= 4 is 24.0 Å². The van der Waals surface area contributed by atoms with Gasteiger partial charge in [-0.3, -0.25) is 9.69 Å². The number of nitrogens with one attached hydrogen (secondary N) is 1. The van der Waals surface area contributed by atoms with E-state index in [0.717, 1.165) is 37.2 Å². The molecule has 0 spiro atoms. The third-order valence-corrected chi connectivity index (χ3v) is 4.40. The Balaban J connectivity index is 0.00000242. The standard InChI is InChI=1S/C17H27N3O.ClH/c1-12-4-5-16(13(2)10-12)19-17(21)11-20-8-6-15(7-9-20)14(3)18;/h4-5,10,14-15H,6-9,11,18H2,1-3H3,(H,19,21);1H. The van der Waals surface area contributed by atoms with Crippen molar-refractivity contribution in [1.29, 1.82) is 0 Å². The maximum atomic E-state index is 12.2. The predicted molar refractivity (Wildman–Crippen MR) is 94.6 cm³/mol. The van der Waals surface area contributed by atoms with Crippen molar-refractivity contribution in [2.24, 2.45) is 11.7 Å². The third kappa shape index (κ3) is 5.27. The molecule has 1 fully saturated rings. The summed E-state index contributed by atoms with van der Waals surface area (Å²) in [5.41, 5.74) is 9.18. The van der Waals surface area contributed by atoms with Gasteiger partial charge in [-0.15, -0.1) is 12.4 Å². The Labute approximate surface area is 139 Å². The van der Waals surface area contributed by atoms with Gasteiger partial charge in [0.2, 0.25) is 5.91 Å². The van der Waals surface area contributed by atoms with Crippen LogP contribution in [0.1, 0.15) is 30.9 Å². The molecule has 0 radical (unpaired) electrons. The van der Waals surface area contributed by atoms with E-state index >= 15 is 0 Å². The van der Waals surface area contributed by atoms with Gasteiger partial charge in [-0.1, -0.05) is 17.7 Å². The zero-order valence-corrected chi connectivity index (χ0v) is 14.6. The highest BCUT2D eigenvalue weighted by Crippen LogP contribution is 2.20. The lowest BCUT2D eigenvalue weighted by Crippen LogP contribution is -2.42. The Bertz CT molecular complexity index is 497. The number of nitrogens with zero attached hydrogens (tertiary/aromatic N) is 1. The summed E-state index contributed by atoms with van der Waals surface area (Å²) in [4.78, 5) is 14.4. The Hall–Kier alpha value is -1.10. The number of nitrogens with two attached hydrogens (primary N) is 1. The van der Waals surface area contributed by atoms with E-state index in [-0.39, 0.29) is 24.4 Å². The zero-order valence-electron chi connectivity index (χ0n) is 13.8. The van der Waals surface area contributed by atoms with E-state index in [1.54, 1.807) is 0 Å². The summed E-state index contributed by atoms with van der Waals surface area (Å²) in [6.07, 6.45) is 2.18. The first-order valence-corrected chi connectivity index (χ1v) is 7.80. The Kier molecular flexibility index (Phi) is 7.33. The lowest BCUT2D eigenvalue weighted by atomic mass is 9.91. The van der Waals surface area contributed by atoms with Gasteiger partial charge in [0.25, 0.3) is 0 Å². The number of piperidine rings is 1. The summed E-state index contributed by atoms with van der Waals surface area (Å²) in [6.45, 7) is 8.56. The summed E-state index contributed by atoms with van der Waals surface area (Å²) >= 11 is 0. The van der Waals surface area contributed by atoms with E-state index in [1.807, 2.05) is 19.1 Å². The monoisotopic (exact) mass is 325 g/mol. The molecule has 22 heavy (non-hydrogen) atoms. The maximum Gasteiger partial charge on any atom is 0.238 e. The Morgan fingerprint density at radius 1 is 1.36 bits per heavy atom. The second kappa shape index (κ2) is 8.51. The SMILES string of the molecule is Cc1ccc(NC(=O)CN2CCC(C(C)N)CC2)c(C)c1.Cl. The number of hydrogen-bond donors (Lipinski definition) is 2. The van der Waals surface area contributed by atoms with Crippen molar-refractivity contribution in [3.05, 3.63) is 29.3 Å². The van der Waals surface area contributed by atoms with Gasteiger partial charge in [0.1, 0.15) is 0 Å². The van der Waals surface area contributed by atoms with Crippen LogP contribution in [0.3, 0.4) is 0 Å². The van der Waals surface area contributed by atoms with Crippen LogP contribution in [0.4, 0.5) is 5.69 Å². The van der Waals surface area contributed by atoms with E-state index in [1.165, 1.54) is 5.56 Å². The minimum Gasteiger partial charge on any atom is -0.328 e. The first kappa shape index (κ1) is 18.9. The zero-order chi connectivity index (χ0) is 15.4. The molecular weight excluding hydrogens is 298 g/mol. The molecule has 1 saturated heterocycles. The number of rotatable bonds is 4. The van der Waals surface area contributed by atoms with Crippen molar-refractivity contribution in [1.82, 2.24) is 4.90 Å². The molecule has 124 valence electrons. The first-order valence-electron chi connectivity index (χ1n) is 7.80. The van der Waals surface area contributed by atoms with E-state index in [9.17, 15) is 4.79 Å². The lowest BCUT2D eigenvalue weighted by molar-refractivity contribution is -0.117. The molecule has 5 heteroatoms. The van der Waals surface area contributed by atoms with Gasteiger partial charge in [0.05, 0.1) is 6.54 Å². The van der Waals surface area contributed by atoms with E-state index < -0.39 is 0 Å². The summed E-state index contributed by atoms with van der Waals surface area (Å²) in [6, 6.07) is 6.35. The molecule has 1 heterocycles. The molecule has 2 rings (SSSR count). The molecule has 0 saturated carbocycles. The normalized spacial score (nSPS) is 17.6. The highest BCUT2D eigenvalue weighted by Gasteiger charge is 2.23. The number of amides is 1. The predicted octanol–water partition coefficient (Wildman–Crippen LogP) is 2.72. The molecule has 0 bridgehead atoms. The average Bonchev–Trinajstić information content (AvgIpc) is 2.42. The number of likely N-dealkylation sites (tertiary alicyclic amines) is 1. The first-order chi connectivity index (χ1) is 9.95. The molecule has 1 atom stereocenters. The van der Waals surface area contributed by atoms with Crippen LogP contribution in [-0.2, 0) is 4.79 Å². The van der Waals surface area contributed by atoms with Crippen LogP contribution in [0.5, 0.6) is 0 Å². The number of aryl methyl sites for hydroxylation is 2. The van der Waals surface area contributed by atoms with Crippen LogP contribution in [-0.4, -0.2) is 36.5 Å². The van der Waals surface area contributed by atoms with Crippen LogP contribution < -0.4 is 11.1 Å². The molecule has 1 aromatic carbocycles. The van der Waals surface area contributed by atoms with Crippen molar-refractivity contribution in [2.75, 3.05) is 25.0 Å². The summed E-state index contributed by atoms with van der Waals surface area (Å²) < 4.78 is 0. The van der Waals surface area contributed by atoms with Crippen LogP contribution in [0.2, 0.25) is 0 Å². The van der Waals surface area contributed by atoms with Gasteiger partial charge in [0, 0.05) is 11.7 Å². The molecule has 4 nitrogen and oxygen atoms in total. The summed E-state index contributed by atoms with van der Waals surface area (Å²) in [5.74, 6) is 0.671. The summed E-state index contributed by atoms with van der Waals surface area (Å²) in [5, 5.41) is 3.01. The average molecular weight is 326 g/mol. The minimum absolute atomic E-state index is 0. The van der Waals surface area contributed by atoms with Gasteiger partial charge in [-0.2, -0.15) is 0 Å². The largest absolute Gasteiger partial charge is 0.328 e. The van der Waals surface area contributed by atoms with Crippen molar-refractivity contribution in [2.45, 2.75) is 39.7 Å². The topological polar surface area (TPSA) is 58.4 Å². The number of anilines is 1. The highest BCUT2D eigenvalue weighted by atomic mass is 35.5. The molecule has 1 aromatic rings. The fourth-order valence-corrected chi connectivity index (χ4v) is 2.98. The van der Waals surface area contributed by atoms with Gasteiger partial charge < -0.3 is 11.1 Å². The van der Waals surface area contributed by atoms with Gasteiger partial charge in [-0.05, 0) is 64.3 Å². The molecule has 0 aliphatic carbocycles. The highest BCUT2D eigenvalue weighted by molar-refractivity contribution is 5.93. The Morgan fingerprint density at radius 2 is 2.00 bits per heavy atom. The molecule has 1 amide bonds. The fourth-order valence-electron chi connectivity index (χ4n) is 2.98. The van der Waals surface area contributed by atoms with Crippen LogP contribution in [0.15, 0.2) is 18.2 Å². The molecule has 0 aromatic heterocycles. The number of benzene rings is 1. The third-order valence-electron chi connectivity index (χ3n) is 4.40. The Morgan fingerprint density at radius 3 is 2.55 bits per heavy atom. The van der Waals surface area contributed by atoms with Gasteiger partial charge in [0.15, 0.2) is 0 Å². The number of carbonyl (C=O) groups excluding carboxylic acids is 1. The van der Waals surface area contributed by atoms with Crippen LogP contribution >= 0.6 is 12.4 Å². The van der Waals surface area contributed by atoms with Crippen LogP contribution in [0, 0.1) is 19.8 Å². The smallest absolute Gasteiger partial charge is 0.238 e. The molecule has 1 aliphatic heterocycles. The van der Waals surface area contributed by atoms with Gasteiger partial charge in [-0.25, -0.2) is 0 Å². The van der Waals surface area contributed by atoms with E-state index in [0.29, 0.717) is 12.5 Å². The lowest BCUT2D eigenvalue weighted by Gasteiger charge is -2.33. The summed E-state index contributed by atoms with van der Waals surface area (Å²) in [7, 11) is 0. The fraction of sp³-hybridized carbons (Fsp3) is 0.588.